The fraction of sp³-hybridized carbons (Fsp3) is 0.700. The van der Waals surface area contributed by atoms with Gasteiger partial charge in [-0.3, -0.25) is 9.59 Å². The smallest absolute Gasteiger partial charge is 0.328 e. The van der Waals surface area contributed by atoms with Crippen LogP contribution in [0.1, 0.15) is 19.3 Å². The summed E-state index contributed by atoms with van der Waals surface area (Å²) < 4.78 is 4.59. The number of hydrogen-bond donors (Lipinski definition) is 2. The summed E-state index contributed by atoms with van der Waals surface area (Å²) in [5, 5.41) is 8.55. The van der Waals surface area contributed by atoms with Crippen molar-refractivity contribution in [3.8, 4) is 0 Å². The molecule has 2 atom stereocenters. The standard InChI is InChI=1S/C10H16N2O5/c1-17-10(16)7-3-2-4-12(7)9(15)6(11)5-8(13)14/h6-7H,2-5,11H2,1H3,(H,13,14)/t6-,7-/m0/s1. The lowest BCUT2D eigenvalue weighted by Crippen LogP contribution is -2.49. The highest BCUT2D eigenvalue weighted by Gasteiger charge is 2.37. The van der Waals surface area contributed by atoms with Crippen molar-refractivity contribution in [3.63, 3.8) is 0 Å². The molecule has 1 aliphatic heterocycles. The molecule has 0 aromatic heterocycles. The number of ether oxygens (including phenoxy) is 1. The molecule has 1 aliphatic rings. The number of esters is 1. The highest BCUT2D eigenvalue weighted by Crippen LogP contribution is 2.19. The van der Waals surface area contributed by atoms with Gasteiger partial charge in [0.15, 0.2) is 0 Å². The number of nitrogens with two attached hydrogens (primary N) is 1. The van der Waals surface area contributed by atoms with Crippen molar-refractivity contribution in [1.82, 2.24) is 4.90 Å². The second kappa shape index (κ2) is 5.62. The van der Waals surface area contributed by atoms with Crippen molar-refractivity contribution in [2.24, 2.45) is 5.73 Å². The Kier molecular flexibility index (Phi) is 4.45. The van der Waals surface area contributed by atoms with Crippen molar-refractivity contribution in [2.45, 2.75) is 31.3 Å². The lowest BCUT2D eigenvalue weighted by atomic mass is 10.1. The van der Waals surface area contributed by atoms with Gasteiger partial charge in [-0.1, -0.05) is 0 Å². The van der Waals surface area contributed by atoms with Crippen molar-refractivity contribution in [3.05, 3.63) is 0 Å². The first-order chi connectivity index (χ1) is 7.97. The van der Waals surface area contributed by atoms with E-state index in [1.165, 1.54) is 12.0 Å². The Bertz CT molecular complexity index is 331. The SMILES string of the molecule is COC(=O)[C@@H]1CCCN1C(=O)[C@@H](N)CC(=O)O. The maximum Gasteiger partial charge on any atom is 0.328 e. The molecule has 1 amide bonds. The lowest BCUT2D eigenvalue weighted by molar-refractivity contribution is -0.152. The normalized spacial score (nSPS) is 21.1. The first kappa shape index (κ1) is 13.4. The molecule has 7 nitrogen and oxygen atoms in total. The second-order valence-electron chi connectivity index (χ2n) is 3.92. The number of carboxylic acids is 1. The largest absolute Gasteiger partial charge is 0.481 e. The van der Waals surface area contributed by atoms with Gasteiger partial charge in [0.2, 0.25) is 5.91 Å². The zero-order valence-electron chi connectivity index (χ0n) is 9.59. The van der Waals surface area contributed by atoms with Crippen LogP contribution in [-0.2, 0) is 19.1 Å². The molecule has 0 spiro atoms. The minimum atomic E-state index is -1.14. The van der Waals surface area contributed by atoms with Crippen LogP contribution in [0.5, 0.6) is 0 Å². The molecule has 0 unspecified atom stereocenters. The van der Waals surface area contributed by atoms with Gasteiger partial charge in [0.05, 0.1) is 19.6 Å². The predicted octanol–water partition coefficient (Wildman–Crippen LogP) is -1.05. The average Bonchev–Trinajstić information content (AvgIpc) is 2.74. The summed E-state index contributed by atoms with van der Waals surface area (Å²) in [7, 11) is 1.25. The minimum absolute atomic E-state index is 0.409. The van der Waals surface area contributed by atoms with E-state index in [1.54, 1.807) is 0 Å². The Hall–Kier alpha value is -1.63. The van der Waals surface area contributed by atoms with E-state index in [1.807, 2.05) is 0 Å². The molecule has 1 heterocycles. The molecule has 17 heavy (non-hydrogen) atoms. The van der Waals surface area contributed by atoms with Crippen LogP contribution in [0.15, 0.2) is 0 Å². The number of amides is 1. The molecule has 0 aromatic carbocycles. The fourth-order valence-electron chi connectivity index (χ4n) is 1.90. The van der Waals surface area contributed by atoms with Gasteiger partial charge >= 0.3 is 11.9 Å². The molecule has 96 valence electrons. The number of nitrogens with zero attached hydrogens (tertiary/aromatic N) is 1. The third-order valence-corrected chi connectivity index (χ3v) is 2.72. The summed E-state index contributed by atoms with van der Waals surface area (Å²) in [5.41, 5.74) is 5.48. The molecule has 1 fully saturated rings. The van der Waals surface area contributed by atoms with E-state index in [4.69, 9.17) is 10.8 Å². The van der Waals surface area contributed by atoms with Crippen LogP contribution in [0, 0.1) is 0 Å². The van der Waals surface area contributed by atoms with Crippen molar-refractivity contribution in [2.75, 3.05) is 13.7 Å². The van der Waals surface area contributed by atoms with Crippen LogP contribution in [0.3, 0.4) is 0 Å². The number of hydrogen-bond acceptors (Lipinski definition) is 5. The summed E-state index contributed by atoms with van der Waals surface area (Å²) in [6.07, 6.45) is 0.771. The molecule has 0 aromatic rings. The summed E-state index contributed by atoms with van der Waals surface area (Å²) in [4.78, 5) is 35.0. The molecular formula is C10H16N2O5. The molecule has 0 bridgehead atoms. The number of carbonyl (C=O) groups is 3. The zero-order chi connectivity index (χ0) is 13.0. The summed E-state index contributed by atoms with van der Waals surface area (Å²) >= 11 is 0. The number of carboxylic acid groups (broad SMARTS) is 1. The second-order valence-corrected chi connectivity index (χ2v) is 3.92. The summed E-state index contributed by atoms with van der Waals surface area (Å²) in [6, 6.07) is -1.75. The molecule has 0 radical (unpaired) electrons. The highest BCUT2D eigenvalue weighted by molar-refractivity contribution is 5.90. The average molecular weight is 244 g/mol. The van der Waals surface area contributed by atoms with E-state index in [0.717, 1.165) is 0 Å². The Labute approximate surface area is 98.5 Å². The Morgan fingerprint density at radius 1 is 1.53 bits per heavy atom. The van der Waals surface area contributed by atoms with Crippen molar-refractivity contribution >= 4 is 17.8 Å². The molecular weight excluding hydrogens is 228 g/mol. The molecule has 1 saturated heterocycles. The van der Waals surface area contributed by atoms with Crippen molar-refractivity contribution < 1.29 is 24.2 Å². The van der Waals surface area contributed by atoms with E-state index in [0.29, 0.717) is 19.4 Å². The Morgan fingerprint density at radius 3 is 2.71 bits per heavy atom. The van der Waals surface area contributed by atoms with Gasteiger partial charge in [-0.05, 0) is 12.8 Å². The number of carbonyl (C=O) groups excluding carboxylic acids is 2. The number of rotatable bonds is 4. The maximum atomic E-state index is 11.8. The third-order valence-electron chi connectivity index (χ3n) is 2.72. The number of aliphatic carboxylic acids is 1. The molecule has 7 heteroatoms. The zero-order valence-corrected chi connectivity index (χ0v) is 9.59. The first-order valence-corrected chi connectivity index (χ1v) is 5.33. The van der Waals surface area contributed by atoms with E-state index in [-0.39, 0.29) is 0 Å². The van der Waals surface area contributed by atoms with Crippen LogP contribution in [0.25, 0.3) is 0 Å². The minimum Gasteiger partial charge on any atom is -0.481 e. The van der Waals surface area contributed by atoms with Crippen LogP contribution in [-0.4, -0.2) is 53.6 Å². The molecule has 0 saturated carbocycles. The topological polar surface area (TPSA) is 110 Å². The van der Waals surface area contributed by atoms with Gasteiger partial charge < -0.3 is 20.5 Å². The quantitative estimate of drug-likeness (QED) is 0.611. The third kappa shape index (κ3) is 3.16. The van der Waals surface area contributed by atoms with E-state index < -0.39 is 36.4 Å². The van der Waals surface area contributed by atoms with Gasteiger partial charge in [-0.15, -0.1) is 0 Å². The van der Waals surface area contributed by atoms with Crippen LogP contribution < -0.4 is 5.73 Å². The highest BCUT2D eigenvalue weighted by atomic mass is 16.5. The van der Waals surface area contributed by atoms with Gasteiger partial charge in [-0.2, -0.15) is 0 Å². The Morgan fingerprint density at radius 2 is 2.18 bits per heavy atom. The number of methoxy groups -OCH3 is 1. The first-order valence-electron chi connectivity index (χ1n) is 5.33. The van der Waals surface area contributed by atoms with Gasteiger partial charge in [0.25, 0.3) is 0 Å². The fourth-order valence-corrected chi connectivity index (χ4v) is 1.90. The molecule has 1 rings (SSSR count). The van der Waals surface area contributed by atoms with Crippen LogP contribution in [0.4, 0.5) is 0 Å². The summed E-state index contributed by atoms with van der Waals surface area (Å²) in [5.74, 6) is -2.14. The van der Waals surface area contributed by atoms with Crippen LogP contribution in [0.2, 0.25) is 0 Å². The van der Waals surface area contributed by atoms with Gasteiger partial charge in [0, 0.05) is 6.54 Å². The Balaban J connectivity index is 2.67. The summed E-state index contributed by atoms with van der Waals surface area (Å²) in [6.45, 7) is 0.409. The van der Waals surface area contributed by atoms with Gasteiger partial charge in [-0.25, -0.2) is 4.79 Å². The number of likely N-dealkylation sites (tertiary alicyclic amines) is 1. The molecule has 0 aliphatic carbocycles. The van der Waals surface area contributed by atoms with E-state index >= 15 is 0 Å². The van der Waals surface area contributed by atoms with E-state index in [2.05, 4.69) is 4.74 Å². The monoisotopic (exact) mass is 244 g/mol. The van der Waals surface area contributed by atoms with Crippen LogP contribution >= 0.6 is 0 Å². The van der Waals surface area contributed by atoms with Crippen molar-refractivity contribution in [1.29, 1.82) is 0 Å². The maximum absolute atomic E-state index is 11.8. The predicted molar refractivity (Wildman–Crippen MR) is 57.0 cm³/mol. The molecule has 3 N–H and O–H groups in total. The lowest BCUT2D eigenvalue weighted by Gasteiger charge is -2.25. The van der Waals surface area contributed by atoms with E-state index in [9.17, 15) is 14.4 Å². The van der Waals surface area contributed by atoms with Gasteiger partial charge in [0.1, 0.15) is 6.04 Å².